The number of aliphatic hydroxyl groups excluding tert-OH is 1. The fourth-order valence-corrected chi connectivity index (χ4v) is 2.71. The van der Waals surface area contributed by atoms with Crippen molar-refractivity contribution in [3.63, 3.8) is 0 Å². The molecule has 4 heteroatoms. The minimum Gasteiger partial charge on any atom is -0.454 e. The lowest BCUT2D eigenvalue weighted by molar-refractivity contribution is 0.174. The van der Waals surface area contributed by atoms with Gasteiger partial charge in [-0.05, 0) is 40.8 Å². The predicted molar refractivity (Wildman–Crippen MR) is 78.0 cm³/mol. The Morgan fingerprint density at radius 2 is 1.90 bits per heavy atom. The predicted octanol–water partition coefficient (Wildman–Crippen LogP) is 3.84. The third-order valence-electron chi connectivity index (χ3n) is 3.72. The molecule has 0 amide bonds. The van der Waals surface area contributed by atoms with Gasteiger partial charge in [0, 0.05) is 5.56 Å². The highest BCUT2D eigenvalue weighted by Crippen LogP contribution is 2.46. The summed E-state index contributed by atoms with van der Waals surface area (Å²) in [5, 5.41) is 9.82. The van der Waals surface area contributed by atoms with Gasteiger partial charge >= 0.3 is 0 Å². The van der Waals surface area contributed by atoms with Crippen molar-refractivity contribution < 1.29 is 19.0 Å². The lowest BCUT2D eigenvalue weighted by Crippen LogP contribution is -2.01. The molecule has 1 heterocycles. The van der Waals surface area contributed by atoms with E-state index >= 15 is 0 Å². The average Bonchev–Trinajstić information content (AvgIpc) is 2.94. The van der Waals surface area contributed by atoms with Crippen molar-refractivity contribution in [3.8, 4) is 22.6 Å². The largest absolute Gasteiger partial charge is 0.454 e. The topological polar surface area (TPSA) is 38.7 Å². The van der Waals surface area contributed by atoms with Gasteiger partial charge in [-0.25, -0.2) is 4.39 Å². The smallest absolute Gasteiger partial charge is 0.231 e. The normalized spacial score (nSPS) is 13.0. The van der Waals surface area contributed by atoms with Crippen LogP contribution >= 0.6 is 0 Å². The van der Waals surface area contributed by atoms with Gasteiger partial charge in [-0.15, -0.1) is 0 Å². The van der Waals surface area contributed by atoms with E-state index in [0.29, 0.717) is 11.5 Å². The summed E-state index contributed by atoms with van der Waals surface area (Å²) in [7, 11) is 0. The van der Waals surface area contributed by atoms with Gasteiger partial charge in [0.2, 0.25) is 6.79 Å². The second-order valence-corrected chi connectivity index (χ2v) is 5.37. The molecule has 0 bridgehead atoms. The molecule has 0 aromatic heterocycles. The number of hydrogen-bond acceptors (Lipinski definition) is 3. The summed E-state index contributed by atoms with van der Waals surface area (Å²) in [4.78, 5) is 0. The first-order valence-electron chi connectivity index (χ1n) is 6.94. The van der Waals surface area contributed by atoms with Crippen molar-refractivity contribution in [2.24, 2.45) is 0 Å². The van der Waals surface area contributed by atoms with Crippen molar-refractivity contribution in [2.45, 2.75) is 26.4 Å². The maximum atomic E-state index is 13.2. The molecule has 3 nitrogen and oxygen atoms in total. The molecule has 1 aliphatic rings. The Labute approximate surface area is 122 Å². The zero-order chi connectivity index (χ0) is 15.0. The van der Waals surface area contributed by atoms with Crippen LogP contribution in [0.5, 0.6) is 11.5 Å². The van der Waals surface area contributed by atoms with Crippen LogP contribution in [-0.4, -0.2) is 11.9 Å². The molecular weight excluding hydrogens is 271 g/mol. The van der Waals surface area contributed by atoms with Gasteiger partial charge < -0.3 is 14.6 Å². The van der Waals surface area contributed by atoms with E-state index in [1.54, 1.807) is 12.1 Å². The van der Waals surface area contributed by atoms with E-state index in [4.69, 9.17) is 9.47 Å². The van der Waals surface area contributed by atoms with E-state index in [9.17, 15) is 9.50 Å². The average molecular weight is 288 g/mol. The van der Waals surface area contributed by atoms with E-state index < -0.39 is 0 Å². The van der Waals surface area contributed by atoms with E-state index in [1.807, 2.05) is 6.07 Å². The molecule has 0 unspecified atom stereocenters. The summed E-state index contributed by atoms with van der Waals surface area (Å²) in [6.07, 6.45) is 0. The standard InChI is InChI=1S/C17H17FO3/c1-10(2)13-7-15-17(21-9-20-15)16(14(13)8-19)11-3-5-12(18)6-4-11/h3-7,10,19H,8-9H2,1-2H3. The molecule has 110 valence electrons. The SMILES string of the molecule is CC(C)c1cc2c(c(-c3ccc(F)cc3)c1CO)OCO2. The van der Waals surface area contributed by atoms with Gasteiger partial charge in [0.1, 0.15) is 5.82 Å². The Balaban J connectivity index is 2.28. The highest BCUT2D eigenvalue weighted by atomic mass is 19.1. The van der Waals surface area contributed by atoms with E-state index in [1.165, 1.54) is 12.1 Å². The highest BCUT2D eigenvalue weighted by Gasteiger charge is 2.25. The number of aliphatic hydroxyl groups is 1. The van der Waals surface area contributed by atoms with Crippen LogP contribution in [0.4, 0.5) is 4.39 Å². The Kier molecular flexibility index (Phi) is 3.55. The highest BCUT2D eigenvalue weighted by molar-refractivity contribution is 5.79. The second-order valence-electron chi connectivity index (χ2n) is 5.37. The lowest BCUT2D eigenvalue weighted by Gasteiger charge is -2.18. The zero-order valence-electron chi connectivity index (χ0n) is 12.0. The fraction of sp³-hybridized carbons (Fsp3) is 0.294. The van der Waals surface area contributed by atoms with Gasteiger partial charge in [0.25, 0.3) is 0 Å². The number of hydrogen-bond donors (Lipinski definition) is 1. The minimum atomic E-state index is -0.293. The quantitative estimate of drug-likeness (QED) is 0.932. The summed E-state index contributed by atoms with van der Waals surface area (Å²) in [5.74, 6) is 1.24. The summed E-state index contributed by atoms with van der Waals surface area (Å²) >= 11 is 0. The van der Waals surface area contributed by atoms with Crippen LogP contribution in [-0.2, 0) is 6.61 Å². The molecule has 3 rings (SSSR count). The molecule has 0 saturated carbocycles. The van der Waals surface area contributed by atoms with Crippen LogP contribution in [0, 0.1) is 5.82 Å². The maximum absolute atomic E-state index is 13.2. The molecule has 0 radical (unpaired) electrons. The molecule has 2 aromatic rings. The monoisotopic (exact) mass is 288 g/mol. The van der Waals surface area contributed by atoms with Crippen molar-refractivity contribution in [1.29, 1.82) is 0 Å². The van der Waals surface area contributed by atoms with Crippen LogP contribution in [0.15, 0.2) is 30.3 Å². The summed E-state index contributed by atoms with van der Waals surface area (Å²) in [6, 6.07) is 8.11. The van der Waals surface area contributed by atoms with Crippen molar-refractivity contribution in [1.82, 2.24) is 0 Å². The molecule has 2 aromatic carbocycles. The van der Waals surface area contributed by atoms with E-state index in [0.717, 1.165) is 22.3 Å². The number of fused-ring (bicyclic) bond motifs is 1. The van der Waals surface area contributed by atoms with E-state index in [2.05, 4.69) is 13.8 Å². The fourth-order valence-electron chi connectivity index (χ4n) is 2.71. The van der Waals surface area contributed by atoms with Gasteiger partial charge in [-0.3, -0.25) is 0 Å². The van der Waals surface area contributed by atoms with Crippen LogP contribution in [0.3, 0.4) is 0 Å². The van der Waals surface area contributed by atoms with Gasteiger partial charge in [-0.2, -0.15) is 0 Å². The van der Waals surface area contributed by atoms with Crippen molar-refractivity contribution in [3.05, 3.63) is 47.3 Å². The minimum absolute atomic E-state index is 0.100. The number of rotatable bonds is 3. The van der Waals surface area contributed by atoms with Gasteiger partial charge in [-0.1, -0.05) is 26.0 Å². The molecule has 0 spiro atoms. The summed E-state index contributed by atoms with van der Waals surface area (Å²) in [5.41, 5.74) is 3.42. The van der Waals surface area contributed by atoms with Crippen molar-refractivity contribution >= 4 is 0 Å². The molecular formula is C17H17FO3. The van der Waals surface area contributed by atoms with Gasteiger partial charge in [0.05, 0.1) is 6.61 Å². The summed E-state index contributed by atoms with van der Waals surface area (Å²) in [6.45, 7) is 4.18. The van der Waals surface area contributed by atoms with Crippen LogP contribution in [0.2, 0.25) is 0 Å². The molecule has 0 saturated heterocycles. The first kappa shape index (κ1) is 13.9. The van der Waals surface area contributed by atoms with Crippen LogP contribution in [0.25, 0.3) is 11.1 Å². The number of halogens is 1. The first-order valence-corrected chi connectivity index (χ1v) is 6.94. The lowest BCUT2D eigenvalue weighted by atomic mass is 9.89. The number of ether oxygens (including phenoxy) is 2. The first-order chi connectivity index (χ1) is 10.1. The zero-order valence-corrected chi connectivity index (χ0v) is 12.0. The Morgan fingerprint density at radius 1 is 1.19 bits per heavy atom. The molecule has 0 atom stereocenters. The summed E-state index contributed by atoms with van der Waals surface area (Å²) < 4.78 is 24.2. The third kappa shape index (κ3) is 2.36. The molecule has 0 fully saturated rings. The maximum Gasteiger partial charge on any atom is 0.231 e. The number of benzene rings is 2. The molecule has 1 N–H and O–H groups in total. The molecule has 0 aliphatic carbocycles. The van der Waals surface area contributed by atoms with Gasteiger partial charge in [0.15, 0.2) is 11.5 Å². The molecule has 1 aliphatic heterocycles. The van der Waals surface area contributed by atoms with Crippen molar-refractivity contribution in [2.75, 3.05) is 6.79 Å². The Hall–Kier alpha value is -2.07. The molecule has 21 heavy (non-hydrogen) atoms. The third-order valence-corrected chi connectivity index (χ3v) is 3.72. The van der Waals surface area contributed by atoms with E-state index in [-0.39, 0.29) is 25.1 Å². The van der Waals surface area contributed by atoms with Crippen LogP contribution in [0.1, 0.15) is 30.9 Å². The Morgan fingerprint density at radius 3 is 2.52 bits per heavy atom. The van der Waals surface area contributed by atoms with Crippen LogP contribution < -0.4 is 9.47 Å². The Bertz CT molecular complexity index is 663. The second kappa shape index (κ2) is 5.37.